The highest BCUT2D eigenvalue weighted by Gasteiger charge is 2.30. The molecule has 1 aromatic heterocycles. The Labute approximate surface area is 108 Å². The first-order chi connectivity index (χ1) is 8.65. The maximum atomic E-state index is 11.1. The largest absolute Gasteiger partial charge is 0.366 e. The molecule has 100 valence electrons. The molecule has 3 unspecified atom stereocenters. The highest BCUT2D eigenvalue weighted by molar-refractivity contribution is 5.92. The molecule has 1 fully saturated rings. The first-order valence-corrected chi connectivity index (χ1v) is 6.69. The summed E-state index contributed by atoms with van der Waals surface area (Å²) in [6.07, 6.45) is 7.99. The van der Waals surface area contributed by atoms with E-state index in [0.29, 0.717) is 24.1 Å². The second kappa shape index (κ2) is 5.52. The third-order valence-electron chi connectivity index (χ3n) is 4.17. The summed E-state index contributed by atoms with van der Waals surface area (Å²) in [5.74, 6) is 0.765. The second-order valence-corrected chi connectivity index (χ2v) is 5.22. The fraction of sp³-hybridized carbons (Fsp3) is 0.692. The summed E-state index contributed by atoms with van der Waals surface area (Å²) in [6.45, 7) is 2.90. The van der Waals surface area contributed by atoms with Crippen LogP contribution in [0.4, 0.5) is 0 Å². The summed E-state index contributed by atoms with van der Waals surface area (Å²) in [5, 5.41) is 4.29. The van der Waals surface area contributed by atoms with Gasteiger partial charge in [0.25, 0.3) is 5.91 Å². The minimum atomic E-state index is -0.423. The van der Waals surface area contributed by atoms with Gasteiger partial charge in [-0.15, -0.1) is 0 Å². The minimum absolute atomic E-state index is 0.307. The molecule has 1 amide bonds. The SMILES string of the molecule is CCC1CCC(CN)C(n2cc(C(N)=O)cn2)C1. The van der Waals surface area contributed by atoms with Gasteiger partial charge >= 0.3 is 0 Å². The van der Waals surface area contributed by atoms with Gasteiger partial charge in [-0.05, 0) is 37.6 Å². The molecular weight excluding hydrogens is 228 g/mol. The van der Waals surface area contributed by atoms with Crippen molar-refractivity contribution >= 4 is 5.91 Å². The first kappa shape index (κ1) is 13.1. The number of hydrogen-bond donors (Lipinski definition) is 2. The minimum Gasteiger partial charge on any atom is -0.366 e. The Kier molecular flexibility index (Phi) is 4.01. The Balaban J connectivity index is 2.18. The van der Waals surface area contributed by atoms with Gasteiger partial charge in [0.2, 0.25) is 0 Å². The molecule has 1 saturated carbocycles. The van der Waals surface area contributed by atoms with Gasteiger partial charge in [-0.1, -0.05) is 13.3 Å². The molecule has 0 aromatic carbocycles. The van der Waals surface area contributed by atoms with Crippen molar-refractivity contribution in [3.8, 4) is 0 Å². The van der Waals surface area contributed by atoms with E-state index in [9.17, 15) is 4.79 Å². The number of aromatic nitrogens is 2. The van der Waals surface area contributed by atoms with E-state index in [1.807, 2.05) is 4.68 Å². The topological polar surface area (TPSA) is 86.9 Å². The van der Waals surface area contributed by atoms with Crippen LogP contribution in [0.25, 0.3) is 0 Å². The predicted octanol–water partition coefficient (Wildman–Crippen LogP) is 1.31. The molecule has 2 rings (SSSR count). The average Bonchev–Trinajstić information content (AvgIpc) is 2.87. The lowest BCUT2D eigenvalue weighted by Gasteiger charge is -2.35. The Morgan fingerprint density at radius 3 is 2.89 bits per heavy atom. The molecule has 0 aliphatic heterocycles. The Morgan fingerprint density at radius 2 is 2.33 bits per heavy atom. The number of hydrogen-bond acceptors (Lipinski definition) is 3. The predicted molar refractivity (Wildman–Crippen MR) is 70.0 cm³/mol. The number of amides is 1. The van der Waals surface area contributed by atoms with Crippen molar-refractivity contribution in [1.82, 2.24) is 9.78 Å². The Hall–Kier alpha value is -1.36. The molecular formula is C13H22N4O. The molecule has 0 saturated heterocycles. The molecule has 5 nitrogen and oxygen atoms in total. The average molecular weight is 250 g/mol. The van der Waals surface area contributed by atoms with E-state index < -0.39 is 5.91 Å². The highest BCUT2D eigenvalue weighted by atomic mass is 16.1. The Bertz CT molecular complexity index is 415. The van der Waals surface area contributed by atoms with Crippen molar-refractivity contribution in [1.29, 1.82) is 0 Å². The molecule has 0 bridgehead atoms. The number of carbonyl (C=O) groups is 1. The number of rotatable bonds is 4. The van der Waals surface area contributed by atoms with E-state index in [1.165, 1.54) is 12.8 Å². The van der Waals surface area contributed by atoms with Crippen molar-refractivity contribution in [2.24, 2.45) is 23.3 Å². The van der Waals surface area contributed by atoms with E-state index in [4.69, 9.17) is 11.5 Å². The molecule has 1 heterocycles. The van der Waals surface area contributed by atoms with Crippen LogP contribution < -0.4 is 11.5 Å². The van der Waals surface area contributed by atoms with Crippen LogP contribution in [0.15, 0.2) is 12.4 Å². The summed E-state index contributed by atoms with van der Waals surface area (Å²) in [7, 11) is 0. The van der Waals surface area contributed by atoms with Gasteiger partial charge in [0.15, 0.2) is 0 Å². The van der Waals surface area contributed by atoms with Gasteiger partial charge in [0, 0.05) is 6.20 Å². The smallest absolute Gasteiger partial charge is 0.251 e. The van der Waals surface area contributed by atoms with E-state index >= 15 is 0 Å². The molecule has 4 N–H and O–H groups in total. The number of nitrogens with zero attached hydrogens (tertiary/aromatic N) is 2. The standard InChI is InChI=1S/C13H22N4O/c1-2-9-3-4-10(6-14)12(5-9)17-8-11(7-16-17)13(15)18/h7-10,12H,2-6,14H2,1H3,(H2,15,18). The lowest BCUT2D eigenvalue weighted by Crippen LogP contribution is -2.32. The van der Waals surface area contributed by atoms with E-state index in [2.05, 4.69) is 12.0 Å². The van der Waals surface area contributed by atoms with E-state index in [1.54, 1.807) is 12.4 Å². The van der Waals surface area contributed by atoms with Gasteiger partial charge in [-0.25, -0.2) is 0 Å². The van der Waals surface area contributed by atoms with Crippen molar-refractivity contribution < 1.29 is 4.79 Å². The maximum absolute atomic E-state index is 11.1. The zero-order valence-corrected chi connectivity index (χ0v) is 10.9. The molecule has 3 atom stereocenters. The molecule has 5 heteroatoms. The van der Waals surface area contributed by atoms with Crippen molar-refractivity contribution in [3.63, 3.8) is 0 Å². The van der Waals surface area contributed by atoms with Crippen LogP contribution in [0.5, 0.6) is 0 Å². The summed E-state index contributed by atoms with van der Waals surface area (Å²) < 4.78 is 1.89. The number of primary amides is 1. The fourth-order valence-electron chi connectivity index (χ4n) is 2.91. The second-order valence-electron chi connectivity index (χ2n) is 5.22. The van der Waals surface area contributed by atoms with Crippen LogP contribution in [0.2, 0.25) is 0 Å². The fourth-order valence-corrected chi connectivity index (χ4v) is 2.91. The van der Waals surface area contributed by atoms with Crippen LogP contribution in [-0.2, 0) is 0 Å². The van der Waals surface area contributed by atoms with Gasteiger partial charge in [0.05, 0.1) is 17.8 Å². The van der Waals surface area contributed by atoms with Crippen LogP contribution in [-0.4, -0.2) is 22.2 Å². The zero-order valence-electron chi connectivity index (χ0n) is 10.9. The number of nitrogens with two attached hydrogens (primary N) is 2. The van der Waals surface area contributed by atoms with E-state index in [0.717, 1.165) is 18.8 Å². The maximum Gasteiger partial charge on any atom is 0.251 e. The molecule has 18 heavy (non-hydrogen) atoms. The first-order valence-electron chi connectivity index (χ1n) is 6.69. The van der Waals surface area contributed by atoms with Crippen molar-refractivity contribution in [3.05, 3.63) is 18.0 Å². The molecule has 0 spiro atoms. The number of carbonyl (C=O) groups excluding carboxylic acids is 1. The van der Waals surface area contributed by atoms with Gasteiger partial charge in [-0.2, -0.15) is 5.10 Å². The lowest BCUT2D eigenvalue weighted by molar-refractivity contribution is 0.1000. The quantitative estimate of drug-likeness (QED) is 0.844. The summed E-state index contributed by atoms with van der Waals surface area (Å²) in [5.41, 5.74) is 11.6. The van der Waals surface area contributed by atoms with Crippen molar-refractivity contribution in [2.75, 3.05) is 6.54 Å². The van der Waals surface area contributed by atoms with Gasteiger partial charge in [-0.3, -0.25) is 9.48 Å². The summed E-state index contributed by atoms with van der Waals surface area (Å²) in [6, 6.07) is 0.307. The normalized spacial score (nSPS) is 28.2. The lowest BCUT2D eigenvalue weighted by atomic mass is 9.77. The van der Waals surface area contributed by atoms with Gasteiger partial charge < -0.3 is 11.5 Å². The summed E-state index contributed by atoms with van der Waals surface area (Å²) >= 11 is 0. The third kappa shape index (κ3) is 2.56. The van der Waals surface area contributed by atoms with Crippen LogP contribution in [0.3, 0.4) is 0 Å². The third-order valence-corrected chi connectivity index (χ3v) is 4.17. The van der Waals surface area contributed by atoms with Crippen LogP contribution in [0.1, 0.15) is 49.0 Å². The van der Waals surface area contributed by atoms with Gasteiger partial charge in [0.1, 0.15) is 0 Å². The highest BCUT2D eigenvalue weighted by Crippen LogP contribution is 2.37. The van der Waals surface area contributed by atoms with Crippen LogP contribution >= 0.6 is 0 Å². The Morgan fingerprint density at radius 1 is 1.56 bits per heavy atom. The van der Waals surface area contributed by atoms with Crippen LogP contribution in [0, 0.1) is 11.8 Å². The monoisotopic (exact) mass is 250 g/mol. The van der Waals surface area contributed by atoms with Crippen molar-refractivity contribution in [2.45, 2.75) is 38.6 Å². The van der Waals surface area contributed by atoms with E-state index in [-0.39, 0.29) is 0 Å². The summed E-state index contributed by atoms with van der Waals surface area (Å²) in [4.78, 5) is 11.1. The molecule has 0 radical (unpaired) electrons. The molecule has 1 aliphatic carbocycles. The molecule has 1 aliphatic rings. The zero-order chi connectivity index (χ0) is 13.1. The molecule has 1 aromatic rings.